The summed E-state index contributed by atoms with van der Waals surface area (Å²) >= 11 is 0. The van der Waals surface area contributed by atoms with Gasteiger partial charge in [-0.25, -0.2) is 0 Å². The van der Waals surface area contributed by atoms with Gasteiger partial charge in [0.15, 0.2) is 5.78 Å². The number of carbonyl (C=O) groups is 1. The van der Waals surface area contributed by atoms with Crippen molar-refractivity contribution in [1.29, 1.82) is 0 Å². The number of carbonyl (C=O) groups excluding carboxylic acids is 1. The lowest BCUT2D eigenvalue weighted by Crippen LogP contribution is -2.47. The van der Waals surface area contributed by atoms with E-state index >= 15 is 0 Å². The van der Waals surface area contributed by atoms with E-state index in [-0.39, 0.29) is 18.0 Å². The maximum Gasteiger partial charge on any atom is 0.176 e. The molecule has 2 rings (SSSR count). The van der Waals surface area contributed by atoms with Crippen LogP contribution in [0.25, 0.3) is 0 Å². The van der Waals surface area contributed by atoms with Gasteiger partial charge >= 0.3 is 0 Å². The molecule has 5 nitrogen and oxygen atoms in total. The van der Waals surface area contributed by atoms with Crippen LogP contribution in [-0.2, 0) is 4.74 Å². The van der Waals surface area contributed by atoms with Crippen molar-refractivity contribution in [3.8, 4) is 5.75 Å². The number of ether oxygens (including phenoxy) is 2. The maximum absolute atomic E-state index is 12.3. The van der Waals surface area contributed by atoms with Gasteiger partial charge in [-0.15, -0.1) is 0 Å². The number of Topliss-reactive ketones (excluding diaryl/α,β-unsaturated/α-hetero) is 1. The van der Waals surface area contributed by atoms with Gasteiger partial charge < -0.3 is 15.2 Å². The Morgan fingerprint density at radius 3 is 2.60 bits per heavy atom. The lowest BCUT2D eigenvalue weighted by atomic mass is 10.1. The number of hydrogen-bond donors (Lipinski definition) is 1. The van der Waals surface area contributed by atoms with Crippen molar-refractivity contribution in [3.63, 3.8) is 0 Å². The zero-order chi connectivity index (χ0) is 14.7. The zero-order valence-corrected chi connectivity index (χ0v) is 12.3. The number of nitrogen functional groups attached to an aromatic ring is 1. The highest BCUT2D eigenvalue weighted by molar-refractivity contribution is 5.98. The second kappa shape index (κ2) is 6.24. The fourth-order valence-corrected chi connectivity index (χ4v) is 2.62. The summed E-state index contributed by atoms with van der Waals surface area (Å²) in [5, 5.41) is 0. The van der Waals surface area contributed by atoms with Gasteiger partial charge in [-0.1, -0.05) is 0 Å². The molecular formula is C15H22N2O3. The number of benzene rings is 1. The van der Waals surface area contributed by atoms with Gasteiger partial charge in [0.1, 0.15) is 5.75 Å². The first-order chi connectivity index (χ1) is 9.49. The van der Waals surface area contributed by atoms with Crippen LogP contribution >= 0.6 is 0 Å². The van der Waals surface area contributed by atoms with Crippen molar-refractivity contribution >= 4 is 11.5 Å². The van der Waals surface area contributed by atoms with Crippen LogP contribution in [0.2, 0.25) is 0 Å². The third-order valence-electron chi connectivity index (χ3n) is 3.41. The molecule has 2 N–H and O–H groups in total. The van der Waals surface area contributed by atoms with Crippen LogP contribution in [0.3, 0.4) is 0 Å². The highest BCUT2D eigenvalue weighted by atomic mass is 16.5. The third-order valence-corrected chi connectivity index (χ3v) is 3.41. The number of hydrogen-bond acceptors (Lipinski definition) is 5. The van der Waals surface area contributed by atoms with Crippen molar-refractivity contribution < 1.29 is 14.3 Å². The van der Waals surface area contributed by atoms with Crippen LogP contribution in [0, 0.1) is 0 Å². The number of anilines is 1. The first-order valence-electron chi connectivity index (χ1n) is 6.84. The maximum atomic E-state index is 12.3. The van der Waals surface area contributed by atoms with Gasteiger partial charge in [-0.2, -0.15) is 0 Å². The van der Waals surface area contributed by atoms with Crippen molar-refractivity contribution in [2.24, 2.45) is 0 Å². The molecule has 1 aromatic rings. The number of rotatable bonds is 4. The molecule has 0 bridgehead atoms. The summed E-state index contributed by atoms with van der Waals surface area (Å²) in [5.74, 6) is 0.663. The van der Waals surface area contributed by atoms with Crippen LogP contribution in [0.4, 0.5) is 5.69 Å². The molecule has 0 saturated carbocycles. The molecule has 1 aliphatic rings. The van der Waals surface area contributed by atoms with Crippen molar-refractivity contribution in [2.45, 2.75) is 26.1 Å². The van der Waals surface area contributed by atoms with E-state index in [1.807, 2.05) is 13.8 Å². The van der Waals surface area contributed by atoms with Gasteiger partial charge in [0, 0.05) is 18.7 Å². The Labute approximate surface area is 119 Å². The molecule has 0 spiro atoms. The van der Waals surface area contributed by atoms with Crippen LogP contribution < -0.4 is 10.5 Å². The lowest BCUT2D eigenvalue weighted by Gasteiger charge is -2.34. The molecule has 1 aliphatic heterocycles. The minimum atomic E-state index is 0.0700. The van der Waals surface area contributed by atoms with Crippen molar-refractivity contribution in [1.82, 2.24) is 4.90 Å². The molecule has 0 amide bonds. The smallest absolute Gasteiger partial charge is 0.176 e. The van der Waals surface area contributed by atoms with E-state index in [1.54, 1.807) is 25.3 Å². The van der Waals surface area contributed by atoms with E-state index in [9.17, 15) is 4.79 Å². The number of morpholine rings is 1. The van der Waals surface area contributed by atoms with Gasteiger partial charge in [0.05, 0.1) is 31.5 Å². The number of nitrogens with zero attached hydrogens (tertiary/aromatic N) is 1. The molecule has 20 heavy (non-hydrogen) atoms. The Kier molecular flexibility index (Phi) is 4.62. The quantitative estimate of drug-likeness (QED) is 0.669. The Hall–Kier alpha value is -1.59. The number of methoxy groups -OCH3 is 1. The Morgan fingerprint density at radius 1 is 1.40 bits per heavy atom. The fourth-order valence-electron chi connectivity index (χ4n) is 2.62. The Balaban J connectivity index is 2.02. The molecule has 110 valence electrons. The predicted octanol–water partition coefficient (Wildman–Crippen LogP) is 1.57. The van der Waals surface area contributed by atoms with E-state index < -0.39 is 0 Å². The Morgan fingerprint density at radius 2 is 2.05 bits per heavy atom. The zero-order valence-electron chi connectivity index (χ0n) is 12.3. The van der Waals surface area contributed by atoms with E-state index in [4.69, 9.17) is 15.2 Å². The first kappa shape index (κ1) is 14.8. The summed E-state index contributed by atoms with van der Waals surface area (Å²) in [7, 11) is 1.56. The van der Waals surface area contributed by atoms with Crippen molar-refractivity contribution in [2.75, 3.05) is 32.5 Å². The van der Waals surface area contributed by atoms with Gasteiger partial charge in [0.25, 0.3) is 0 Å². The number of nitrogens with two attached hydrogens (primary N) is 1. The molecule has 0 radical (unpaired) electrons. The summed E-state index contributed by atoms with van der Waals surface area (Å²) in [6, 6.07) is 5.16. The molecular weight excluding hydrogens is 256 g/mol. The molecule has 1 saturated heterocycles. The first-order valence-corrected chi connectivity index (χ1v) is 6.84. The third kappa shape index (κ3) is 3.49. The normalized spacial score (nSPS) is 23.6. The molecule has 0 aromatic heterocycles. The highest BCUT2D eigenvalue weighted by Gasteiger charge is 2.24. The minimum Gasteiger partial charge on any atom is -0.495 e. The largest absolute Gasteiger partial charge is 0.495 e. The summed E-state index contributed by atoms with van der Waals surface area (Å²) < 4.78 is 10.8. The lowest BCUT2D eigenvalue weighted by molar-refractivity contribution is -0.0652. The average Bonchev–Trinajstić information content (AvgIpc) is 2.37. The topological polar surface area (TPSA) is 64.8 Å². The van der Waals surface area contributed by atoms with E-state index in [2.05, 4.69) is 4.90 Å². The van der Waals surface area contributed by atoms with Crippen LogP contribution in [0.15, 0.2) is 18.2 Å². The second-order valence-electron chi connectivity index (χ2n) is 5.33. The molecule has 1 heterocycles. The van der Waals surface area contributed by atoms with Gasteiger partial charge in [-0.05, 0) is 32.0 Å². The van der Waals surface area contributed by atoms with Crippen LogP contribution in [0.1, 0.15) is 24.2 Å². The second-order valence-corrected chi connectivity index (χ2v) is 5.33. The predicted molar refractivity (Wildman–Crippen MR) is 78.2 cm³/mol. The average molecular weight is 278 g/mol. The summed E-state index contributed by atoms with van der Waals surface area (Å²) in [4.78, 5) is 14.4. The molecule has 2 unspecified atom stereocenters. The molecule has 2 atom stereocenters. The van der Waals surface area contributed by atoms with Gasteiger partial charge in [0.2, 0.25) is 0 Å². The number of ketones is 1. The van der Waals surface area contributed by atoms with Gasteiger partial charge in [-0.3, -0.25) is 9.69 Å². The molecule has 0 aliphatic carbocycles. The van der Waals surface area contributed by atoms with Crippen LogP contribution in [-0.4, -0.2) is 49.6 Å². The van der Waals surface area contributed by atoms with E-state index in [1.165, 1.54) is 0 Å². The standard InChI is InChI=1S/C15H22N2O3/c1-10-7-17(8-11(2)20-10)9-14(18)12-4-5-15(19-3)13(16)6-12/h4-6,10-11H,7-9,16H2,1-3H3. The molecule has 1 aromatic carbocycles. The fraction of sp³-hybridized carbons (Fsp3) is 0.533. The highest BCUT2D eigenvalue weighted by Crippen LogP contribution is 2.22. The summed E-state index contributed by atoms with van der Waals surface area (Å²) in [6.07, 6.45) is 0.319. The monoisotopic (exact) mass is 278 g/mol. The van der Waals surface area contributed by atoms with E-state index in [0.29, 0.717) is 23.5 Å². The SMILES string of the molecule is COc1ccc(C(=O)CN2CC(C)OC(C)C2)cc1N. The van der Waals surface area contributed by atoms with E-state index in [0.717, 1.165) is 13.1 Å². The molecule has 5 heteroatoms. The Bertz CT molecular complexity index is 480. The summed E-state index contributed by atoms with van der Waals surface area (Å²) in [5.41, 5.74) is 6.94. The van der Waals surface area contributed by atoms with Crippen molar-refractivity contribution in [3.05, 3.63) is 23.8 Å². The summed E-state index contributed by atoms with van der Waals surface area (Å²) in [6.45, 7) is 6.00. The van der Waals surface area contributed by atoms with Crippen LogP contribution in [0.5, 0.6) is 5.75 Å². The minimum absolute atomic E-state index is 0.0700. The molecule has 1 fully saturated rings.